The molecule has 0 aliphatic rings. The zero-order chi connectivity index (χ0) is 25.2. The molecule has 4 rings (SSSR count). The highest BCUT2D eigenvalue weighted by atomic mass is 32.2. The summed E-state index contributed by atoms with van der Waals surface area (Å²) in [6.45, 7) is 3.60. The Morgan fingerprint density at radius 2 is 1.71 bits per heavy atom. The largest absolute Gasteiger partial charge is 0.350 e. The number of fused-ring (bicyclic) bond motifs is 1. The third-order valence-electron chi connectivity index (χ3n) is 5.15. The first-order valence-electron chi connectivity index (χ1n) is 10.7. The zero-order valence-corrected chi connectivity index (χ0v) is 19.7. The molecule has 35 heavy (non-hydrogen) atoms. The van der Waals surface area contributed by atoms with E-state index in [1.165, 1.54) is 18.3 Å². The summed E-state index contributed by atoms with van der Waals surface area (Å²) in [6, 6.07) is 10.5. The molecule has 2 aromatic carbocycles. The van der Waals surface area contributed by atoms with E-state index in [0.717, 1.165) is 18.2 Å². The predicted molar refractivity (Wildman–Crippen MR) is 126 cm³/mol. The lowest BCUT2D eigenvalue weighted by Gasteiger charge is -2.11. The zero-order valence-electron chi connectivity index (χ0n) is 18.9. The van der Waals surface area contributed by atoms with Crippen LogP contribution in [0, 0.1) is 5.82 Å². The molecule has 0 atom stereocenters. The van der Waals surface area contributed by atoms with Gasteiger partial charge >= 0.3 is 0 Å². The third kappa shape index (κ3) is 5.19. The Balaban J connectivity index is 1.47. The van der Waals surface area contributed by atoms with E-state index >= 15 is 0 Å². The Kier molecular flexibility index (Phi) is 6.61. The topological polar surface area (TPSA) is 134 Å². The molecular formula is C24H22FN5O4S. The maximum absolute atomic E-state index is 14.1. The van der Waals surface area contributed by atoms with Crippen LogP contribution in [0.5, 0.6) is 0 Å². The van der Waals surface area contributed by atoms with Gasteiger partial charge in [0, 0.05) is 24.2 Å². The van der Waals surface area contributed by atoms with E-state index in [9.17, 15) is 22.4 Å². The van der Waals surface area contributed by atoms with Gasteiger partial charge in [0.05, 0.1) is 27.1 Å². The summed E-state index contributed by atoms with van der Waals surface area (Å²) < 4.78 is 40.3. The van der Waals surface area contributed by atoms with E-state index in [-0.39, 0.29) is 33.8 Å². The summed E-state index contributed by atoms with van der Waals surface area (Å²) in [6.07, 6.45) is 3.00. The van der Waals surface area contributed by atoms with E-state index in [1.54, 1.807) is 38.2 Å². The molecule has 9 nitrogen and oxygen atoms in total. The molecule has 180 valence electrons. The second-order valence-electron chi connectivity index (χ2n) is 8.13. The molecule has 3 N–H and O–H groups in total. The van der Waals surface area contributed by atoms with Gasteiger partial charge in [-0.15, -0.1) is 0 Å². The fourth-order valence-electron chi connectivity index (χ4n) is 3.35. The van der Waals surface area contributed by atoms with E-state index in [1.807, 2.05) is 0 Å². The molecule has 0 spiro atoms. The summed E-state index contributed by atoms with van der Waals surface area (Å²) in [5, 5.41) is 12.6. The normalized spacial score (nSPS) is 11.5. The summed E-state index contributed by atoms with van der Waals surface area (Å²) >= 11 is 0. The van der Waals surface area contributed by atoms with Crippen molar-refractivity contribution >= 4 is 32.7 Å². The first kappa shape index (κ1) is 24.0. The van der Waals surface area contributed by atoms with E-state index in [0.29, 0.717) is 22.2 Å². The number of rotatable bonds is 7. The molecule has 0 aliphatic heterocycles. The van der Waals surface area contributed by atoms with Crippen LogP contribution in [-0.4, -0.2) is 41.5 Å². The summed E-state index contributed by atoms with van der Waals surface area (Å²) in [5.41, 5.74) is 1.27. The van der Waals surface area contributed by atoms with Crippen LogP contribution < -0.4 is 10.6 Å². The van der Waals surface area contributed by atoms with Gasteiger partial charge in [0.1, 0.15) is 5.82 Å². The molecule has 0 aliphatic carbocycles. The SMILES string of the molecule is CC(C)NC(=O)c1cc(S(=O)(=O)c2ccc(CNC(=O)c3cnc4[nH]ncc4c3)cc2)ccc1F. The summed E-state index contributed by atoms with van der Waals surface area (Å²) in [7, 11) is -4.00. The number of amides is 2. The number of benzene rings is 2. The Hall–Kier alpha value is -4.12. The number of nitrogens with zero attached hydrogens (tertiary/aromatic N) is 2. The van der Waals surface area contributed by atoms with Crippen LogP contribution in [0.3, 0.4) is 0 Å². The average molecular weight is 496 g/mol. The number of aromatic amines is 1. The quantitative estimate of drug-likeness (QED) is 0.338. The number of carbonyl (C=O) groups is 2. The van der Waals surface area contributed by atoms with Crippen LogP contribution in [0.4, 0.5) is 4.39 Å². The van der Waals surface area contributed by atoms with Crippen molar-refractivity contribution in [3.8, 4) is 0 Å². The van der Waals surface area contributed by atoms with Crippen LogP contribution in [0.2, 0.25) is 0 Å². The van der Waals surface area contributed by atoms with Crippen LogP contribution in [0.15, 0.2) is 70.7 Å². The van der Waals surface area contributed by atoms with E-state index < -0.39 is 21.6 Å². The number of aromatic nitrogens is 3. The van der Waals surface area contributed by atoms with Crippen LogP contribution in [-0.2, 0) is 16.4 Å². The van der Waals surface area contributed by atoms with Gasteiger partial charge in [0.2, 0.25) is 9.84 Å². The smallest absolute Gasteiger partial charge is 0.254 e. The van der Waals surface area contributed by atoms with Crippen LogP contribution >= 0.6 is 0 Å². The van der Waals surface area contributed by atoms with Gasteiger partial charge in [-0.3, -0.25) is 14.7 Å². The Morgan fingerprint density at radius 3 is 2.43 bits per heavy atom. The summed E-state index contributed by atoms with van der Waals surface area (Å²) in [4.78, 5) is 28.6. The van der Waals surface area contributed by atoms with Gasteiger partial charge < -0.3 is 10.6 Å². The third-order valence-corrected chi connectivity index (χ3v) is 6.92. The molecule has 0 radical (unpaired) electrons. The van der Waals surface area contributed by atoms with Crippen molar-refractivity contribution in [2.24, 2.45) is 0 Å². The molecule has 0 saturated heterocycles. The summed E-state index contributed by atoms with van der Waals surface area (Å²) in [5.74, 6) is -1.84. The van der Waals surface area contributed by atoms with Crippen molar-refractivity contribution in [2.75, 3.05) is 0 Å². The second-order valence-corrected chi connectivity index (χ2v) is 10.1. The molecule has 2 amide bonds. The number of halogens is 1. The Bertz CT molecular complexity index is 1510. The van der Waals surface area contributed by atoms with Gasteiger partial charge in [-0.25, -0.2) is 17.8 Å². The van der Waals surface area contributed by atoms with Crippen molar-refractivity contribution in [3.05, 3.63) is 83.4 Å². The lowest BCUT2D eigenvalue weighted by molar-refractivity contribution is 0.0934. The minimum atomic E-state index is -4.00. The highest BCUT2D eigenvalue weighted by Crippen LogP contribution is 2.23. The van der Waals surface area contributed by atoms with Crippen LogP contribution in [0.1, 0.15) is 40.1 Å². The standard InChI is InChI=1S/C24H22FN5O4S/c1-14(2)29-24(32)20-10-19(7-8-21(20)25)35(33,34)18-5-3-15(4-6-18)11-27-23(31)17-9-16-13-28-30-22(16)26-12-17/h3-10,12-14H,11H2,1-2H3,(H,27,31)(H,29,32)(H,26,28,30). The number of nitrogens with one attached hydrogen (secondary N) is 3. The number of H-pyrrole nitrogens is 1. The maximum atomic E-state index is 14.1. The highest BCUT2D eigenvalue weighted by Gasteiger charge is 2.22. The van der Waals surface area contributed by atoms with E-state index in [4.69, 9.17) is 0 Å². The second kappa shape index (κ2) is 9.63. The van der Waals surface area contributed by atoms with Gasteiger partial charge in [0.25, 0.3) is 11.8 Å². The number of pyridine rings is 1. The predicted octanol–water partition coefficient (Wildman–Crippen LogP) is 3.00. The van der Waals surface area contributed by atoms with Crippen molar-refractivity contribution in [1.82, 2.24) is 25.8 Å². The van der Waals surface area contributed by atoms with Crippen molar-refractivity contribution in [2.45, 2.75) is 36.2 Å². The maximum Gasteiger partial charge on any atom is 0.254 e. The van der Waals surface area contributed by atoms with Gasteiger partial charge in [-0.2, -0.15) is 5.10 Å². The number of hydrogen-bond donors (Lipinski definition) is 3. The van der Waals surface area contributed by atoms with Crippen molar-refractivity contribution < 1.29 is 22.4 Å². The molecule has 2 aromatic heterocycles. The number of sulfone groups is 1. The fraction of sp³-hybridized carbons (Fsp3) is 0.167. The number of carbonyl (C=O) groups excluding carboxylic acids is 2. The van der Waals surface area contributed by atoms with Crippen LogP contribution in [0.25, 0.3) is 11.0 Å². The first-order valence-corrected chi connectivity index (χ1v) is 12.2. The van der Waals surface area contributed by atoms with Crippen molar-refractivity contribution in [1.29, 1.82) is 0 Å². The monoisotopic (exact) mass is 495 g/mol. The Morgan fingerprint density at radius 1 is 1.00 bits per heavy atom. The van der Waals surface area contributed by atoms with E-state index in [2.05, 4.69) is 25.8 Å². The lowest BCUT2D eigenvalue weighted by atomic mass is 10.2. The molecule has 11 heteroatoms. The minimum absolute atomic E-state index is 0.0241. The number of hydrogen-bond acceptors (Lipinski definition) is 6. The van der Waals surface area contributed by atoms with Gasteiger partial charge in [-0.1, -0.05) is 12.1 Å². The molecular weight excluding hydrogens is 473 g/mol. The molecule has 0 fully saturated rings. The van der Waals surface area contributed by atoms with Gasteiger partial charge in [-0.05, 0) is 55.8 Å². The molecule has 0 unspecified atom stereocenters. The highest BCUT2D eigenvalue weighted by molar-refractivity contribution is 7.91. The molecule has 0 saturated carbocycles. The first-order chi connectivity index (χ1) is 16.6. The molecule has 2 heterocycles. The van der Waals surface area contributed by atoms with Gasteiger partial charge in [0.15, 0.2) is 5.65 Å². The average Bonchev–Trinajstić information content (AvgIpc) is 3.30. The molecule has 0 bridgehead atoms. The van der Waals surface area contributed by atoms with Crippen molar-refractivity contribution in [3.63, 3.8) is 0 Å². The Labute approximate surface area is 200 Å². The molecule has 4 aromatic rings. The fourth-order valence-corrected chi connectivity index (χ4v) is 4.64. The minimum Gasteiger partial charge on any atom is -0.350 e. The lowest BCUT2D eigenvalue weighted by Crippen LogP contribution is -2.30.